The molecule has 1 aromatic carbocycles. The molecule has 110 valence electrons. The Kier molecular flexibility index (Phi) is 3.64. The summed E-state index contributed by atoms with van der Waals surface area (Å²) in [5.74, 6) is 0.678. The highest BCUT2D eigenvalue weighted by Crippen LogP contribution is 2.45. The van der Waals surface area contributed by atoms with E-state index >= 15 is 0 Å². The molecular weight excluding hydrogens is 244 g/mol. The summed E-state index contributed by atoms with van der Waals surface area (Å²) >= 11 is 0. The van der Waals surface area contributed by atoms with Gasteiger partial charge in [0.15, 0.2) is 0 Å². The predicted octanol–water partition coefficient (Wildman–Crippen LogP) is 3.47. The normalized spacial score (nSPS) is 31.0. The standard InChI is InChI=1S/C18H28N2/c1-13(19)14-9-11-20(12-14)17-8-10-18(2,3)16-7-5-4-6-15(16)17/h4-7,13-14,17H,8-12,19H2,1-3H3. The zero-order valence-corrected chi connectivity index (χ0v) is 13.1. The first-order valence-corrected chi connectivity index (χ1v) is 8.08. The highest BCUT2D eigenvalue weighted by molar-refractivity contribution is 5.38. The van der Waals surface area contributed by atoms with Gasteiger partial charge >= 0.3 is 0 Å². The molecule has 1 aromatic rings. The fourth-order valence-electron chi connectivity index (χ4n) is 4.10. The van der Waals surface area contributed by atoms with Crippen molar-refractivity contribution in [3.8, 4) is 0 Å². The number of nitrogens with zero attached hydrogens (tertiary/aromatic N) is 1. The van der Waals surface area contributed by atoms with Gasteiger partial charge in [0.2, 0.25) is 0 Å². The van der Waals surface area contributed by atoms with Crippen LogP contribution in [0.2, 0.25) is 0 Å². The van der Waals surface area contributed by atoms with E-state index in [2.05, 4.69) is 49.9 Å². The molecular formula is C18H28N2. The van der Waals surface area contributed by atoms with Gasteiger partial charge in [-0.3, -0.25) is 4.90 Å². The molecule has 3 atom stereocenters. The summed E-state index contributed by atoms with van der Waals surface area (Å²) in [4.78, 5) is 2.68. The van der Waals surface area contributed by atoms with E-state index in [9.17, 15) is 0 Å². The first-order valence-electron chi connectivity index (χ1n) is 8.08. The highest BCUT2D eigenvalue weighted by Gasteiger charge is 2.37. The Morgan fingerprint density at radius 2 is 2.00 bits per heavy atom. The molecule has 2 nitrogen and oxygen atoms in total. The van der Waals surface area contributed by atoms with Crippen molar-refractivity contribution in [1.82, 2.24) is 4.90 Å². The molecule has 0 radical (unpaired) electrons. The number of likely N-dealkylation sites (tertiary alicyclic amines) is 1. The van der Waals surface area contributed by atoms with Gasteiger partial charge in [-0.05, 0) is 55.2 Å². The largest absolute Gasteiger partial charge is 0.328 e. The second kappa shape index (κ2) is 5.16. The molecule has 2 heteroatoms. The fraction of sp³-hybridized carbons (Fsp3) is 0.667. The number of nitrogens with two attached hydrogens (primary N) is 1. The monoisotopic (exact) mass is 272 g/mol. The summed E-state index contributed by atoms with van der Waals surface area (Å²) in [6.45, 7) is 9.32. The van der Waals surface area contributed by atoms with Crippen molar-refractivity contribution < 1.29 is 0 Å². The Bertz CT molecular complexity index is 478. The van der Waals surface area contributed by atoms with E-state index < -0.39 is 0 Å². The maximum atomic E-state index is 6.10. The predicted molar refractivity (Wildman–Crippen MR) is 84.8 cm³/mol. The van der Waals surface area contributed by atoms with Crippen LogP contribution in [-0.2, 0) is 5.41 Å². The first kappa shape index (κ1) is 14.1. The lowest BCUT2D eigenvalue weighted by Gasteiger charge is -2.41. The van der Waals surface area contributed by atoms with Crippen molar-refractivity contribution in [3.63, 3.8) is 0 Å². The maximum absolute atomic E-state index is 6.10. The summed E-state index contributed by atoms with van der Waals surface area (Å²) < 4.78 is 0. The average molecular weight is 272 g/mol. The van der Waals surface area contributed by atoms with Crippen LogP contribution in [0.1, 0.15) is 57.2 Å². The molecule has 0 spiro atoms. The van der Waals surface area contributed by atoms with Crippen molar-refractivity contribution in [2.24, 2.45) is 11.7 Å². The van der Waals surface area contributed by atoms with Crippen molar-refractivity contribution >= 4 is 0 Å². The van der Waals surface area contributed by atoms with Crippen molar-refractivity contribution in [3.05, 3.63) is 35.4 Å². The van der Waals surface area contributed by atoms with E-state index in [-0.39, 0.29) is 0 Å². The van der Waals surface area contributed by atoms with Gasteiger partial charge < -0.3 is 5.73 Å². The number of hydrogen-bond acceptors (Lipinski definition) is 2. The molecule has 1 aliphatic carbocycles. The minimum atomic E-state index is 0.327. The second-order valence-corrected chi connectivity index (χ2v) is 7.43. The smallest absolute Gasteiger partial charge is 0.0351 e. The van der Waals surface area contributed by atoms with Gasteiger partial charge in [-0.25, -0.2) is 0 Å². The number of fused-ring (bicyclic) bond motifs is 1. The first-order chi connectivity index (χ1) is 9.49. The zero-order valence-electron chi connectivity index (χ0n) is 13.1. The van der Waals surface area contributed by atoms with Crippen LogP contribution in [0.4, 0.5) is 0 Å². The van der Waals surface area contributed by atoms with Gasteiger partial charge in [0, 0.05) is 18.6 Å². The fourth-order valence-corrected chi connectivity index (χ4v) is 4.10. The highest BCUT2D eigenvalue weighted by atomic mass is 15.2. The van der Waals surface area contributed by atoms with E-state index in [1.807, 2.05) is 0 Å². The van der Waals surface area contributed by atoms with Crippen LogP contribution >= 0.6 is 0 Å². The van der Waals surface area contributed by atoms with Crippen LogP contribution in [0.15, 0.2) is 24.3 Å². The second-order valence-electron chi connectivity index (χ2n) is 7.43. The number of rotatable bonds is 2. The van der Waals surface area contributed by atoms with Crippen LogP contribution in [0.3, 0.4) is 0 Å². The lowest BCUT2D eigenvalue weighted by molar-refractivity contribution is 0.191. The Morgan fingerprint density at radius 3 is 2.70 bits per heavy atom. The van der Waals surface area contributed by atoms with Gasteiger partial charge in [-0.2, -0.15) is 0 Å². The van der Waals surface area contributed by atoms with Gasteiger partial charge in [0.05, 0.1) is 0 Å². The lowest BCUT2D eigenvalue weighted by Crippen LogP contribution is -2.36. The summed E-state index contributed by atoms with van der Waals surface area (Å²) in [5, 5.41) is 0. The van der Waals surface area contributed by atoms with Crippen LogP contribution in [-0.4, -0.2) is 24.0 Å². The summed E-state index contributed by atoms with van der Waals surface area (Å²) in [6, 6.07) is 10.0. The van der Waals surface area contributed by atoms with E-state index in [0.29, 0.717) is 23.4 Å². The quantitative estimate of drug-likeness (QED) is 0.893. The van der Waals surface area contributed by atoms with Gasteiger partial charge in [-0.15, -0.1) is 0 Å². The third-order valence-corrected chi connectivity index (χ3v) is 5.53. The molecule has 0 amide bonds. The number of hydrogen-bond donors (Lipinski definition) is 1. The number of benzene rings is 1. The zero-order chi connectivity index (χ0) is 14.3. The van der Waals surface area contributed by atoms with Crippen molar-refractivity contribution in [1.29, 1.82) is 0 Å². The molecule has 3 unspecified atom stereocenters. The molecule has 0 saturated carbocycles. The summed E-state index contributed by atoms with van der Waals surface area (Å²) in [6.07, 6.45) is 3.84. The van der Waals surface area contributed by atoms with E-state index in [1.165, 1.54) is 32.4 Å². The van der Waals surface area contributed by atoms with Gasteiger partial charge in [0.1, 0.15) is 0 Å². The van der Waals surface area contributed by atoms with Crippen molar-refractivity contribution in [2.75, 3.05) is 13.1 Å². The maximum Gasteiger partial charge on any atom is 0.0351 e. The molecule has 0 bridgehead atoms. The summed E-state index contributed by atoms with van der Waals surface area (Å²) in [7, 11) is 0. The third-order valence-electron chi connectivity index (χ3n) is 5.53. The third kappa shape index (κ3) is 2.40. The SMILES string of the molecule is CC(N)C1CCN(C2CCC(C)(C)c3ccccc32)C1. The Morgan fingerprint density at radius 1 is 1.25 bits per heavy atom. The lowest BCUT2D eigenvalue weighted by atomic mass is 9.70. The Hall–Kier alpha value is -0.860. The van der Waals surface area contributed by atoms with Crippen LogP contribution < -0.4 is 5.73 Å². The Balaban J connectivity index is 1.86. The van der Waals surface area contributed by atoms with Crippen LogP contribution in [0.5, 0.6) is 0 Å². The minimum Gasteiger partial charge on any atom is -0.328 e. The molecule has 0 aromatic heterocycles. The van der Waals surface area contributed by atoms with Crippen molar-refractivity contribution in [2.45, 2.75) is 57.5 Å². The van der Waals surface area contributed by atoms with Gasteiger partial charge in [0.25, 0.3) is 0 Å². The molecule has 3 rings (SSSR count). The molecule has 2 N–H and O–H groups in total. The van der Waals surface area contributed by atoms with E-state index in [0.717, 1.165) is 0 Å². The molecule has 1 fully saturated rings. The average Bonchev–Trinajstić information content (AvgIpc) is 2.89. The van der Waals surface area contributed by atoms with E-state index in [1.54, 1.807) is 11.1 Å². The van der Waals surface area contributed by atoms with E-state index in [4.69, 9.17) is 5.73 Å². The Labute approximate surface area is 123 Å². The molecule has 2 aliphatic rings. The topological polar surface area (TPSA) is 29.3 Å². The molecule has 1 aliphatic heterocycles. The minimum absolute atomic E-state index is 0.327. The van der Waals surface area contributed by atoms with Gasteiger partial charge in [-0.1, -0.05) is 38.1 Å². The van der Waals surface area contributed by atoms with Crippen LogP contribution in [0, 0.1) is 5.92 Å². The molecule has 1 heterocycles. The molecule has 20 heavy (non-hydrogen) atoms. The molecule has 1 saturated heterocycles. The summed E-state index contributed by atoms with van der Waals surface area (Å²) in [5.41, 5.74) is 9.55. The van der Waals surface area contributed by atoms with Crippen LogP contribution in [0.25, 0.3) is 0 Å².